The molecule has 0 atom stereocenters. The third-order valence-electron chi connectivity index (χ3n) is 4.08. The SMILES string of the molecule is COc1ccc2[nH+]c(C)cc(Nc3cccc(C)c3C)c2c1. The number of aryl methyl sites for hydroxylation is 2. The summed E-state index contributed by atoms with van der Waals surface area (Å²) in [6.45, 7) is 6.34. The predicted octanol–water partition coefficient (Wildman–Crippen LogP) is 4.33. The minimum Gasteiger partial charge on any atom is -0.497 e. The summed E-state index contributed by atoms with van der Waals surface area (Å²) in [5.41, 5.74) is 6.97. The first-order valence-corrected chi connectivity index (χ1v) is 7.42. The maximum Gasteiger partial charge on any atom is 0.213 e. The van der Waals surface area contributed by atoms with Crippen LogP contribution in [0.25, 0.3) is 10.9 Å². The van der Waals surface area contributed by atoms with Gasteiger partial charge in [-0.2, -0.15) is 0 Å². The summed E-state index contributed by atoms with van der Waals surface area (Å²) in [7, 11) is 1.69. The lowest BCUT2D eigenvalue weighted by Crippen LogP contribution is -2.10. The van der Waals surface area contributed by atoms with E-state index in [1.807, 2.05) is 6.07 Å². The number of pyridine rings is 1. The van der Waals surface area contributed by atoms with Crippen LogP contribution in [0.4, 0.5) is 11.4 Å². The first-order chi connectivity index (χ1) is 10.6. The molecule has 0 saturated heterocycles. The second-order valence-corrected chi connectivity index (χ2v) is 5.65. The maximum absolute atomic E-state index is 5.36. The Kier molecular flexibility index (Phi) is 3.72. The van der Waals surface area contributed by atoms with Crippen molar-refractivity contribution in [3.63, 3.8) is 0 Å². The van der Waals surface area contributed by atoms with Crippen molar-refractivity contribution < 1.29 is 9.72 Å². The average Bonchev–Trinajstić information content (AvgIpc) is 2.51. The minimum atomic E-state index is 0.855. The van der Waals surface area contributed by atoms with Crippen molar-refractivity contribution in [1.82, 2.24) is 0 Å². The molecule has 0 aliphatic rings. The Bertz CT molecular complexity index is 840. The summed E-state index contributed by atoms with van der Waals surface area (Å²) in [5.74, 6) is 0.855. The van der Waals surface area contributed by atoms with E-state index in [0.29, 0.717) is 0 Å². The van der Waals surface area contributed by atoms with E-state index in [2.05, 4.69) is 67.5 Å². The van der Waals surface area contributed by atoms with Crippen molar-refractivity contribution in [3.05, 3.63) is 59.3 Å². The van der Waals surface area contributed by atoms with Gasteiger partial charge < -0.3 is 10.1 Å². The summed E-state index contributed by atoms with van der Waals surface area (Å²) in [6.07, 6.45) is 0. The number of nitrogens with one attached hydrogen (secondary N) is 2. The molecule has 0 aliphatic carbocycles. The van der Waals surface area contributed by atoms with E-state index < -0.39 is 0 Å². The van der Waals surface area contributed by atoms with Gasteiger partial charge >= 0.3 is 0 Å². The highest BCUT2D eigenvalue weighted by Crippen LogP contribution is 2.29. The first-order valence-electron chi connectivity index (χ1n) is 7.42. The molecule has 3 nitrogen and oxygen atoms in total. The van der Waals surface area contributed by atoms with Crippen molar-refractivity contribution >= 4 is 22.3 Å². The Morgan fingerprint density at radius 2 is 1.77 bits per heavy atom. The Morgan fingerprint density at radius 1 is 0.955 bits per heavy atom. The Hall–Kier alpha value is -2.55. The average molecular weight is 293 g/mol. The van der Waals surface area contributed by atoms with Crippen LogP contribution in [-0.4, -0.2) is 7.11 Å². The van der Waals surface area contributed by atoms with Crippen LogP contribution in [-0.2, 0) is 0 Å². The number of rotatable bonds is 3. The summed E-state index contributed by atoms with van der Waals surface area (Å²) >= 11 is 0. The van der Waals surface area contributed by atoms with Gasteiger partial charge in [-0.3, -0.25) is 0 Å². The van der Waals surface area contributed by atoms with E-state index in [4.69, 9.17) is 4.74 Å². The highest BCUT2D eigenvalue weighted by Gasteiger charge is 2.11. The van der Waals surface area contributed by atoms with Gasteiger partial charge in [-0.1, -0.05) is 12.1 Å². The molecule has 0 radical (unpaired) electrons. The molecule has 0 spiro atoms. The van der Waals surface area contributed by atoms with E-state index in [1.165, 1.54) is 11.1 Å². The van der Waals surface area contributed by atoms with Gasteiger partial charge in [0.1, 0.15) is 5.75 Å². The van der Waals surface area contributed by atoms with Gasteiger partial charge in [0, 0.05) is 24.7 Å². The summed E-state index contributed by atoms with van der Waals surface area (Å²) in [6, 6.07) is 14.5. The molecule has 2 N–H and O–H groups in total. The van der Waals surface area contributed by atoms with Gasteiger partial charge in [0.15, 0.2) is 5.69 Å². The van der Waals surface area contributed by atoms with Crippen molar-refractivity contribution in [2.45, 2.75) is 20.8 Å². The summed E-state index contributed by atoms with van der Waals surface area (Å²) in [4.78, 5) is 3.40. The molecule has 2 aromatic carbocycles. The molecule has 3 heteroatoms. The fourth-order valence-corrected chi connectivity index (χ4v) is 2.66. The zero-order valence-electron chi connectivity index (χ0n) is 13.4. The third kappa shape index (κ3) is 2.62. The molecule has 0 saturated carbocycles. The zero-order valence-corrected chi connectivity index (χ0v) is 13.4. The monoisotopic (exact) mass is 293 g/mol. The fraction of sp³-hybridized carbons (Fsp3) is 0.211. The lowest BCUT2D eigenvalue weighted by Gasteiger charge is -2.13. The number of anilines is 2. The number of ether oxygens (including phenoxy) is 1. The highest BCUT2D eigenvalue weighted by molar-refractivity contribution is 5.92. The van der Waals surface area contributed by atoms with Crippen molar-refractivity contribution in [1.29, 1.82) is 0 Å². The molecule has 3 aromatic rings. The largest absolute Gasteiger partial charge is 0.497 e. The molecule has 0 amide bonds. The number of methoxy groups -OCH3 is 1. The van der Waals surface area contributed by atoms with Crippen LogP contribution in [0, 0.1) is 20.8 Å². The Morgan fingerprint density at radius 3 is 2.55 bits per heavy atom. The maximum atomic E-state index is 5.36. The van der Waals surface area contributed by atoms with Crippen LogP contribution < -0.4 is 15.0 Å². The lowest BCUT2D eigenvalue weighted by molar-refractivity contribution is -0.354. The van der Waals surface area contributed by atoms with Crippen LogP contribution >= 0.6 is 0 Å². The second-order valence-electron chi connectivity index (χ2n) is 5.65. The van der Waals surface area contributed by atoms with Gasteiger partial charge in [0.05, 0.1) is 18.2 Å². The van der Waals surface area contributed by atoms with E-state index in [1.54, 1.807) is 7.11 Å². The van der Waals surface area contributed by atoms with Crippen LogP contribution in [0.1, 0.15) is 16.8 Å². The van der Waals surface area contributed by atoms with E-state index in [-0.39, 0.29) is 0 Å². The Balaban J connectivity index is 2.14. The van der Waals surface area contributed by atoms with Crippen LogP contribution in [0.5, 0.6) is 5.75 Å². The highest BCUT2D eigenvalue weighted by atomic mass is 16.5. The Labute approximate surface area is 131 Å². The van der Waals surface area contributed by atoms with Crippen molar-refractivity contribution in [3.8, 4) is 5.75 Å². The number of fused-ring (bicyclic) bond motifs is 1. The standard InChI is InChI=1S/C19H20N2O/c1-12-6-5-7-17(14(12)3)21-19-10-13(2)20-18-9-8-15(22-4)11-16(18)19/h5-11H,1-4H3,(H,20,21)/p+1. The van der Waals surface area contributed by atoms with Gasteiger partial charge in [0.2, 0.25) is 5.52 Å². The molecule has 112 valence electrons. The van der Waals surface area contributed by atoms with E-state index >= 15 is 0 Å². The smallest absolute Gasteiger partial charge is 0.213 e. The quantitative estimate of drug-likeness (QED) is 0.780. The van der Waals surface area contributed by atoms with Gasteiger partial charge in [0.25, 0.3) is 0 Å². The normalized spacial score (nSPS) is 10.7. The van der Waals surface area contributed by atoms with Crippen molar-refractivity contribution in [2.24, 2.45) is 0 Å². The lowest BCUT2D eigenvalue weighted by atomic mass is 10.1. The fourth-order valence-electron chi connectivity index (χ4n) is 2.66. The van der Waals surface area contributed by atoms with Crippen molar-refractivity contribution in [2.75, 3.05) is 12.4 Å². The molecule has 0 unspecified atom stereocenters. The number of aromatic nitrogens is 1. The third-order valence-corrected chi connectivity index (χ3v) is 4.08. The summed E-state index contributed by atoms with van der Waals surface area (Å²) < 4.78 is 5.36. The minimum absolute atomic E-state index is 0.855. The number of H-pyrrole nitrogens is 1. The van der Waals surface area contributed by atoms with Gasteiger partial charge in [-0.15, -0.1) is 0 Å². The molecular weight excluding hydrogens is 272 g/mol. The predicted molar refractivity (Wildman–Crippen MR) is 91.0 cm³/mol. The number of hydrogen-bond acceptors (Lipinski definition) is 2. The number of benzene rings is 2. The van der Waals surface area contributed by atoms with E-state index in [9.17, 15) is 0 Å². The van der Waals surface area contributed by atoms with E-state index in [0.717, 1.165) is 33.7 Å². The topological polar surface area (TPSA) is 35.4 Å². The summed E-state index contributed by atoms with van der Waals surface area (Å²) in [5, 5.41) is 4.69. The van der Waals surface area contributed by atoms with Crippen LogP contribution in [0.2, 0.25) is 0 Å². The molecule has 0 fully saturated rings. The van der Waals surface area contributed by atoms with Gasteiger partial charge in [-0.05, 0) is 43.2 Å². The first kappa shape index (κ1) is 14.4. The molecular formula is C19H21N2O+. The number of aromatic amines is 1. The molecule has 0 aliphatic heterocycles. The van der Waals surface area contributed by atoms with Gasteiger partial charge in [-0.25, -0.2) is 4.98 Å². The molecule has 3 rings (SSSR count). The zero-order chi connectivity index (χ0) is 15.7. The molecule has 1 aromatic heterocycles. The van der Waals surface area contributed by atoms with Crippen LogP contribution in [0.3, 0.4) is 0 Å². The molecule has 22 heavy (non-hydrogen) atoms. The molecule has 1 heterocycles. The number of hydrogen-bond donors (Lipinski definition) is 1. The second kappa shape index (κ2) is 5.68. The van der Waals surface area contributed by atoms with Crippen LogP contribution in [0.15, 0.2) is 42.5 Å². The molecule has 0 bridgehead atoms.